The molecular weight excluding hydrogens is 290 g/mol. The van der Waals surface area contributed by atoms with Crippen LogP contribution in [0.15, 0.2) is 29.4 Å². The van der Waals surface area contributed by atoms with E-state index in [2.05, 4.69) is 10.1 Å². The van der Waals surface area contributed by atoms with Crippen molar-refractivity contribution >= 4 is 11.9 Å². The lowest BCUT2D eigenvalue weighted by molar-refractivity contribution is 0.411. The van der Waals surface area contributed by atoms with Crippen LogP contribution in [0.3, 0.4) is 0 Å². The van der Waals surface area contributed by atoms with Gasteiger partial charge in [0.15, 0.2) is 0 Å². The number of hydrazone groups is 1. The van der Waals surface area contributed by atoms with Crippen molar-refractivity contribution in [3.8, 4) is 5.75 Å². The Morgan fingerprint density at radius 2 is 1.62 bits per heavy atom. The Bertz CT molecular complexity index is 648. The van der Waals surface area contributed by atoms with E-state index in [1.165, 1.54) is 13.3 Å². The van der Waals surface area contributed by atoms with E-state index < -0.39 is 29.2 Å². The van der Waals surface area contributed by atoms with Crippen molar-refractivity contribution in [2.45, 2.75) is 0 Å². The minimum Gasteiger partial charge on any atom is -0.497 e. The summed E-state index contributed by atoms with van der Waals surface area (Å²) in [5, 5.41) is 3.51. The molecule has 8 heteroatoms. The average Bonchev–Trinajstić information content (AvgIpc) is 2.49. The molecule has 1 N–H and O–H groups in total. The molecule has 0 aliphatic heterocycles. The van der Waals surface area contributed by atoms with Gasteiger partial charge in [0.1, 0.15) is 11.4 Å². The van der Waals surface area contributed by atoms with Crippen molar-refractivity contribution in [3.05, 3.63) is 53.4 Å². The number of hydrogen-bond donors (Lipinski definition) is 1. The average molecular weight is 299 g/mol. The second-order valence-corrected chi connectivity index (χ2v) is 3.84. The first-order chi connectivity index (χ1) is 10.0. The molecule has 0 atom stereocenters. The van der Waals surface area contributed by atoms with Gasteiger partial charge >= 0.3 is 0 Å². The minimum atomic E-state index is -1.75. The SMILES string of the molecule is COc1ccc(/C=N\Nc2c(F)c(F)nc(F)c2F)cc1. The van der Waals surface area contributed by atoms with Gasteiger partial charge in [-0.15, -0.1) is 0 Å². The van der Waals surface area contributed by atoms with Crippen LogP contribution in [0.5, 0.6) is 5.75 Å². The van der Waals surface area contributed by atoms with E-state index in [1.54, 1.807) is 24.3 Å². The summed E-state index contributed by atoms with van der Waals surface area (Å²) in [6, 6.07) is 6.55. The summed E-state index contributed by atoms with van der Waals surface area (Å²) in [6.07, 6.45) is 1.22. The molecule has 4 nitrogen and oxygen atoms in total. The summed E-state index contributed by atoms with van der Waals surface area (Å²) < 4.78 is 57.2. The molecule has 1 aromatic heterocycles. The van der Waals surface area contributed by atoms with Crippen molar-refractivity contribution < 1.29 is 22.3 Å². The van der Waals surface area contributed by atoms with Gasteiger partial charge in [-0.05, 0) is 29.8 Å². The first-order valence-electron chi connectivity index (χ1n) is 5.66. The Morgan fingerprint density at radius 3 is 2.14 bits per heavy atom. The molecule has 110 valence electrons. The number of halogens is 4. The Labute approximate surface area is 117 Å². The lowest BCUT2D eigenvalue weighted by atomic mass is 10.2. The third kappa shape index (κ3) is 3.28. The highest BCUT2D eigenvalue weighted by Crippen LogP contribution is 2.21. The first-order valence-corrected chi connectivity index (χ1v) is 5.66. The second kappa shape index (κ2) is 6.21. The molecule has 0 fully saturated rings. The van der Waals surface area contributed by atoms with Gasteiger partial charge in [-0.1, -0.05) is 0 Å². The number of nitrogens with one attached hydrogen (secondary N) is 1. The molecule has 21 heavy (non-hydrogen) atoms. The summed E-state index contributed by atoms with van der Waals surface area (Å²) in [5.74, 6) is -6.19. The van der Waals surface area contributed by atoms with Crippen LogP contribution in [0, 0.1) is 23.5 Å². The van der Waals surface area contributed by atoms with Crippen molar-refractivity contribution in [3.63, 3.8) is 0 Å². The van der Waals surface area contributed by atoms with Crippen LogP contribution >= 0.6 is 0 Å². The van der Waals surface area contributed by atoms with Gasteiger partial charge in [0.2, 0.25) is 11.6 Å². The Balaban J connectivity index is 2.17. The minimum absolute atomic E-state index is 0.583. The van der Waals surface area contributed by atoms with E-state index >= 15 is 0 Å². The van der Waals surface area contributed by atoms with Crippen LogP contribution < -0.4 is 10.2 Å². The van der Waals surface area contributed by atoms with E-state index in [-0.39, 0.29) is 0 Å². The monoisotopic (exact) mass is 299 g/mol. The summed E-state index contributed by atoms with van der Waals surface area (Å²) in [5.41, 5.74) is 1.44. The molecule has 2 rings (SSSR count). The number of nitrogens with zero attached hydrogens (tertiary/aromatic N) is 2. The fourth-order valence-corrected chi connectivity index (χ4v) is 1.45. The number of ether oxygens (including phenoxy) is 1. The Morgan fingerprint density at radius 1 is 1.05 bits per heavy atom. The number of benzene rings is 1. The molecule has 2 aromatic rings. The Hall–Kier alpha value is -2.64. The van der Waals surface area contributed by atoms with Crippen LogP contribution in [0.1, 0.15) is 5.56 Å². The quantitative estimate of drug-likeness (QED) is 0.408. The number of methoxy groups -OCH3 is 1. The fourth-order valence-electron chi connectivity index (χ4n) is 1.45. The number of aromatic nitrogens is 1. The zero-order valence-corrected chi connectivity index (χ0v) is 10.7. The number of anilines is 1. The highest BCUT2D eigenvalue weighted by atomic mass is 19.2. The van der Waals surface area contributed by atoms with E-state index in [0.717, 1.165) is 0 Å². The maximum atomic E-state index is 13.3. The number of pyridine rings is 1. The van der Waals surface area contributed by atoms with Gasteiger partial charge in [0.05, 0.1) is 13.3 Å². The van der Waals surface area contributed by atoms with Crippen molar-refractivity contribution in [2.75, 3.05) is 12.5 Å². The maximum absolute atomic E-state index is 13.3. The number of rotatable bonds is 4. The van der Waals surface area contributed by atoms with Gasteiger partial charge < -0.3 is 4.74 Å². The molecular formula is C13H9F4N3O. The van der Waals surface area contributed by atoms with Crippen molar-refractivity contribution in [2.24, 2.45) is 5.10 Å². The highest BCUT2D eigenvalue weighted by Gasteiger charge is 2.20. The fraction of sp³-hybridized carbons (Fsp3) is 0.0769. The predicted octanol–water partition coefficient (Wildman–Crippen LogP) is 3.09. The summed E-state index contributed by atoms with van der Waals surface area (Å²) in [7, 11) is 1.50. The molecule has 0 amide bonds. The molecule has 0 radical (unpaired) electrons. The lowest BCUT2D eigenvalue weighted by Crippen LogP contribution is -2.05. The van der Waals surface area contributed by atoms with Crippen LogP contribution in [0.4, 0.5) is 23.2 Å². The molecule has 0 saturated carbocycles. The van der Waals surface area contributed by atoms with E-state index in [4.69, 9.17) is 4.74 Å². The summed E-state index contributed by atoms with van der Waals surface area (Å²) in [6.45, 7) is 0. The molecule has 0 aliphatic rings. The summed E-state index contributed by atoms with van der Waals surface area (Å²) >= 11 is 0. The normalized spacial score (nSPS) is 10.9. The second-order valence-electron chi connectivity index (χ2n) is 3.84. The Kier molecular flexibility index (Phi) is 4.36. The van der Waals surface area contributed by atoms with Gasteiger partial charge in [-0.3, -0.25) is 5.43 Å². The van der Waals surface area contributed by atoms with E-state index in [1.807, 2.05) is 5.43 Å². The predicted molar refractivity (Wildman–Crippen MR) is 68.3 cm³/mol. The number of hydrogen-bond acceptors (Lipinski definition) is 4. The topological polar surface area (TPSA) is 46.5 Å². The third-order valence-corrected chi connectivity index (χ3v) is 2.50. The largest absolute Gasteiger partial charge is 0.497 e. The smallest absolute Gasteiger partial charge is 0.254 e. The van der Waals surface area contributed by atoms with Crippen molar-refractivity contribution in [1.82, 2.24) is 4.98 Å². The summed E-state index contributed by atoms with van der Waals surface area (Å²) in [4.78, 5) is 2.43. The molecule has 1 heterocycles. The standard InChI is InChI=1S/C13H9F4N3O/c1-21-8-4-2-7(3-5-8)6-18-20-11-9(14)12(16)19-13(17)10(11)15/h2-6H,1H3,(H,19,20)/b18-6-. The molecule has 0 bridgehead atoms. The molecule has 1 aromatic carbocycles. The van der Waals surface area contributed by atoms with E-state index in [9.17, 15) is 17.6 Å². The van der Waals surface area contributed by atoms with Crippen molar-refractivity contribution in [1.29, 1.82) is 0 Å². The van der Waals surface area contributed by atoms with Gasteiger partial charge in [0, 0.05) is 0 Å². The third-order valence-electron chi connectivity index (χ3n) is 2.50. The zero-order valence-electron chi connectivity index (χ0n) is 10.7. The van der Waals surface area contributed by atoms with Gasteiger partial charge in [0.25, 0.3) is 11.9 Å². The van der Waals surface area contributed by atoms with Gasteiger partial charge in [-0.2, -0.15) is 27.6 Å². The molecule has 0 saturated heterocycles. The molecule has 0 spiro atoms. The highest BCUT2D eigenvalue weighted by molar-refractivity contribution is 5.80. The zero-order chi connectivity index (χ0) is 15.4. The lowest BCUT2D eigenvalue weighted by Gasteiger charge is -2.04. The molecule has 0 aliphatic carbocycles. The van der Waals surface area contributed by atoms with Crippen LogP contribution in [-0.4, -0.2) is 18.3 Å². The van der Waals surface area contributed by atoms with E-state index in [0.29, 0.717) is 11.3 Å². The van der Waals surface area contributed by atoms with Crippen LogP contribution in [0.2, 0.25) is 0 Å². The van der Waals surface area contributed by atoms with Crippen LogP contribution in [-0.2, 0) is 0 Å². The first kappa shape index (κ1) is 14.8. The molecule has 0 unspecified atom stereocenters. The maximum Gasteiger partial charge on any atom is 0.254 e. The van der Waals surface area contributed by atoms with Crippen LogP contribution in [0.25, 0.3) is 0 Å². The van der Waals surface area contributed by atoms with Gasteiger partial charge in [-0.25, -0.2) is 0 Å².